The predicted molar refractivity (Wildman–Crippen MR) is 106 cm³/mol. The van der Waals surface area contributed by atoms with Crippen molar-refractivity contribution in [2.75, 3.05) is 6.61 Å². The molecule has 0 radical (unpaired) electrons. The maximum Gasteiger partial charge on any atom is 0.336 e. The summed E-state index contributed by atoms with van der Waals surface area (Å²) in [4.78, 5) is 23.3. The van der Waals surface area contributed by atoms with Crippen LogP contribution < -0.4 is 4.74 Å². The molecular formula is C23H26O4. The summed E-state index contributed by atoms with van der Waals surface area (Å²) in [6.45, 7) is 8.49. The highest BCUT2D eigenvalue weighted by Crippen LogP contribution is 2.32. The zero-order valence-corrected chi connectivity index (χ0v) is 16.3. The highest BCUT2D eigenvalue weighted by molar-refractivity contribution is 5.92. The second-order valence-electron chi connectivity index (χ2n) is 7.29. The molecular weight excluding hydrogens is 340 g/mol. The van der Waals surface area contributed by atoms with E-state index in [2.05, 4.69) is 26.0 Å². The van der Waals surface area contributed by atoms with Crippen LogP contribution in [0.4, 0.5) is 0 Å². The van der Waals surface area contributed by atoms with Crippen LogP contribution in [0, 0.1) is 5.92 Å². The fourth-order valence-electron chi connectivity index (χ4n) is 2.54. The Morgan fingerprint density at radius 2 is 1.44 bits per heavy atom. The molecule has 0 N–H and O–H groups in total. The molecule has 0 heterocycles. The molecule has 0 aliphatic carbocycles. The van der Waals surface area contributed by atoms with Crippen molar-refractivity contribution in [3.8, 4) is 5.75 Å². The molecule has 2 aromatic carbocycles. The molecule has 0 unspecified atom stereocenters. The number of ether oxygens (including phenoxy) is 2. The van der Waals surface area contributed by atoms with Gasteiger partial charge in [0.25, 0.3) is 0 Å². The van der Waals surface area contributed by atoms with Gasteiger partial charge in [-0.05, 0) is 29.2 Å². The molecule has 0 aromatic heterocycles. The minimum atomic E-state index is -0.619. The summed E-state index contributed by atoms with van der Waals surface area (Å²) < 4.78 is 10.2. The Balaban J connectivity index is 1.97. The van der Waals surface area contributed by atoms with E-state index >= 15 is 0 Å². The van der Waals surface area contributed by atoms with Crippen LogP contribution in [-0.2, 0) is 19.7 Å². The zero-order valence-electron chi connectivity index (χ0n) is 16.3. The molecule has 0 aliphatic rings. The van der Waals surface area contributed by atoms with E-state index in [-0.39, 0.29) is 11.3 Å². The van der Waals surface area contributed by atoms with E-state index in [1.54, 1.807) is 12.1 Å². The van der Waals surface area contributed by atoms with Crippen LogP contribution in [-0.4, -0.2) is 18.5 Å². The van der Waals surface area contributed by atoms with E-state index in [0.29, 0.717) is 12.4 Å². The van der Waals surface area contributed by atoms with Crippen LogP contribution in [0.15, 0.2) is 66.7 Å². The third kappa shape index (κ3) is 6.10. The summed E-state index contributed by atoms with van der Waals surface area (Å²) >= 11 is 0. The van der Waals surface area contributed by atoms with E-state index in [9.17, 15) is 9.59 Å². The standard InChI is InChI=1S/C23H26O4/c1-17(2)16-26-21(24)14-15-22(25)27-20-12-10-19(11-13-20)23(3,4)18-8-6-5-7-9-18/h5-15,17H,16H2,1-4H3/b15-14+. The van der Waals surface area contributed by atoms with Crippen molar-refractivity contribution in [2.24, 2.45) is 5.92 Å². The fourth-order valence-corrected chi connectivity index (χ4v) is 2.54. The van der Waals surface area contributed by atoms with Crippen molar-refractivity contribution in [3.05, 3.63) is 77.9 Å². The van der Waals surface area contributed by atoms with Crippen LogP contribution >= 0.6 is 0 Å². The van der Waals surface area contributed by atoms with Gasteiger partial charge in [0, 0.05) is 17.6 Å². The van der Waals surface area contributed by atoms with Gasteiger partial charge in [-0.3, -0.25) is 0 Å². The normalized spacial score (nSPS) is 11.6. The summed E-state index contributed by atoms with van der Waals surface area (Å²) in [5, 5.41) is 0. The number of esters is 2. The van der Waals surface area contributed by atoms with Crippen LogP contribution in [0.3, 0.4) is 0 Å². The Morgan fingerprint density at radius 1 is 0.889 bits per heavy atom. The average molecular weight is 366 g/mol. The van der Waals surface area contributed by atoms with Crippen molar-refractivity contribution >= 4 is 11.9 Å². The molecule has 0 spiro atoms. The summed E-state index contributed by atoms with van der Waals surface area (Å²) in [6.07, 6.45) is 2.15. The fraction of sp³-hybridized carbons (Fsp3) is 0.304. The van der Waals surface area contributed by atoms with Crippen molar-refractivity contribution in [3.63, 3.8) is 0 Å². The molecule has 0 fully saturated rings. The highest BCUT2D eigenvalue weighted by atomic mass is 16.5. The van der Waals surface area contributed by atoms with Gasteiger partial charge in [-0.1, -0.05) is 70.2 Å². The van der Waals surface area contributed by atoms with E-state index in [1.165, 1.54) is 5.56 Å². The predicted octanol–water partition coefficient (Wildman–Crippen LogP) is 4.67. The number of hydrogen-bond donors (Lipinski definition) is 0. The first kappa shape index (κ1) is 20.4. The smallest absolute Gasteiger partial charge is 0.336 e. The molecule has 2 aromatic rings. The summed E-state index contributed by atoms with van der Waals surface area (Å²) in [6, 6.07) is 17.6. The largest absolute Gasteiger partial charge is 0.462 e. The van der Waals surface area contributed by atoms with Crippen molar-refractivity contribution in [2.45, 2.75) is 33.1 Å². The Hall–Kier alpha value is -2.88. The molecule has 0 amide bonds. The van der Waals surface area contributed by atoms with E-state index in [0.717, 1.165) is 17.7 Å². The number of carbonyl (C=O) groups excluding carboxylic acids is 2. The second-order valence-corrected chi connectivity index (χ2v) is 7.29. The van der Waals surface area contributed by atoms with Gasteiger partial charge in [-0.2, -0.15) is 0 Å². The number of carbonyl (C=O) groups is 2. The Morgan fingerprint density at radius 3 is 2.04 bits per heavy atom. The lowest BCUT2D eigenvalue weighted by Crippen LogP contribution is -2.18. The third-order valence-electron chi connectivity index (χ3n) is 4.20. The van der Waals surface area contributed by atoms with Gasteiger partial charge in [0.05, 0.1) is 6.61 Å². The molecule has 0 aliphatic heterocycles. The second kappa shape index (κ2) is 9.17. The Kier molecular flexibility index (Phi) is 6.94. The maximum absolute atomic E-state index is 11.8. The maximum atomic E-state index is 11.8. The Bertz CT molecular complexity index is 787. The topological polar surface area (TPSA) is 52.6 Å². The van der Waals surface area contributed by atoms with E-state index in [4.69, 9.17) is 9.47 Å². The lowest BCUT2D eigenvalue weighted by atomic mass is 9.78. The first-order chi connectivity index (χ1) is 12.8. The van der Waals surface area contributed by atoms with Gasteiger partial charge < -0.3 is 9.47 Å². The molecule has 0 saturated carbocycles. The lowest BCUT2D eigenvalue weighted by molar-refractivity contribution is -0.139. The summed E-state index contributed by atoms with van der Waals surface area (Å²) in [7, 11) is 0. The SMILES string of the molecule is CC(C)COC(=O)/C=C/C(=O)Oc1ccc(C(C)(C)c2ccccc2)cc1. The van der Waals surface area contributed by atoms with Crippen LogP contribution in [0.25, 0.3) is 0 Å². The van der Waals surface area contributed by atoms with Crippen LogP contribution in [0.2, 0.25) is 0 Å². The monoisotopic (exact) mass is 366 g/mol. The minimum absolute atomic E-state index is 0.163. The summed E-state index contributed by atoms with van der Waals surface area (Å²) in [5.74, 6) is -0.507. The van der Waals surface area contributed by atoms with E-state index < -0.39 is 11.9 Å². The average Bonchev–Trinajstić information content (AvgIpc) is 2.66. The highest BCUT2D eigenvalue weighted by Gasteiger charge is 2.22. The van der Waals surface area contributed by atoms with Gasteiger partial charge in [-0.15, -0.1) is 0 Å². The molecule has 4 heteroatoms. The lowest BCUT2D eigenvalue weighted by Gasteiger charge is -2.26. The van der Waals surface area contributed by atoms with Crippen molar-refractivity contribution in [1.29, 1.82) is 0 Å². The molecule has 27 heavy (non-hydrogen) atoms. The van der Waals surface area contributed by atoms with Crippen LogP contribution in [0.1, 0.15) is 38.8 Å². The van der Waals surface area contributed by atoms with E-state index in [1.807, 2.05) is 44.2 Å². The molecule has 0 saturated heterocycles. The molecule has 0 bridgehead atoms. The number of hydrogen-bond acceptors (Lipinski definition) is 4. The first-order valence-electron chi connectivity index (χ1n) is 9.01. The zero-order chi connectivity index (χ0) is 19.9. The van der Waals surface area contributed by atoms with Gasteiger partial charge in [0.15, 0.2) is 0 Å². The molecule has 2 rings (SSSR count). The molecule has 4 nitrogen and oxygen atoms in total. The van der Waals surface area contributed by atoms with Gasteiger partial charge in [-0.25, -0.2) is 9.59 Å². The molecule has 0 atom stereocenters. The van der Waals surface area contributed by atoms with Crippen molar-refractivity contribution < 1.29 is 19.1 Å². The quantitative estimate of drug-likeness (QED) is 0.406. The third-order valence-corrected chi connectivity index (χ3v) is 4.20. The number of rotatable bonds is 7. The summed E-state index contributed by atoms with van der Waals surface area (Å²) in [5.41, 5.74) is 2.16. The van der Waals surface area contributed by atoms with Gasteiger partial charge in [0.2, 0.25) is 0 Å². The van der Waals surface area contributed by atoms with Crippen molar-refractivity contribution in [1.82, 2.24) is 0 Å². The van der Waals surface area contributed by atoms with Gasteiger partial charge in [0.1, 0.15) is 5.75 Å². The Labute approximate surface area is 160 Å². The number of benzene rings is 2. The first-order valence-corrected chi connectivity index (χ1v) is 9.01. The van der Waals surface area contributed by atoms with Crippen LogP contribution in [0.5, 0.6) is 5.75 Å². The van der Waals surface area contributed by atoms with Gasteiger partial charge >= 0.3 is 11.9 Å². The minimum Gasteiger partial charge on any atom is -0.462 e. The molecule has 142 valence electrons.